The van der Waals surface area contributed by atoms with Crippen molar-refractivity contribution in [3.63, 3.8) is 0 Å². The van der Waals surface area contributed by atoms with E-state index in [1.807, 2.05) is 29.3 Å². The molecule has 0 spiro atoms. The van der Waals surface area contributed by atoms with Crippen LogP contribution in [0.5, 0.6) is 0 Å². The third-order valence-corrected chi connectivity index (χ3v) is 4.70. The zero-order chi connectivity index (χ0) is 17.1. The van der Waals surface area contributed by atoms with Crippen LogP contribution in [-0.4, -0.2) is 38.8 Å². The number of carbonyl (C=O) groups excluding carboxylic acids is 1. The molecule has 6 nitrogen and oxygen atoms in total. The van der Waals surface area contributed by atoms with E-state index in [1.165, 1.54) is 0 Å². The lowest BCUT2D eigenvalue weighted by Gasteiger charge is -2.20. The van der Waals surface area contributed by atoms with Crippen LogP contribution >= 0.6 is 0 Å². The zero-order valence-electron chi connectivity index (χ0n) is 13.9. The van der Waals surface area contributed by atoms with Crippen molar-refractivity contribution >= 4 is 5.91 Å². The summed E-state index contributed by atoms with van der Waals surface area (Å²) in [6.07, 6.45) is 9.64. The highest BCUT2D eigenvalue weighted by molar-refractivity contribution is 5.76. The SMILES string of the molecule is O=C(CCc1ccc[nH]1)N1CCc2ncnc(-c3ccoc3)c2CC1. The lowest BCUT2D eigenvalue weighted by molar-refractivity contribution is -0.131. The lowest BCUT2D eigenvalue weighted by Crippen LogP contribution is -2.33. The van der Waals surface area contributed by atoms with Crippen LogP contribution in [0, 0.1) is 0 Å². The van der Waals surface area contributed by atoms with Gasteiger partial charge >= 0.3 is 0 Å². The summed E-state index contributed by atoms with van der Waals surface area (Å²) < 4.78 is 5.19. The van der Waals surface area contributed by atoms with E-state index in [2.05, 4.69) is 15.0 Å². The van der Waals surface area contributed by atoms with Crippen LogP contribution in [0.15, 0.2) is 47.7 Å². The monoisotopic (exact) mass is 336 g/mol. The molecular formula is C19H20N4O2. The Morgan fingerprint density at radius 2 is 2.16 bits per heavy atom. The molecule has 1 aliphatic rings. The van der Waals surface area contributed by atoms with Crippen LogP contribution in [0.3, 0.4) is 0 Å². The molecule has 128 valence electrons. The molecule has 0 aliphatic carbocycles. The van der Waals surface area contributed by atoms with Crippen LogP contribution in [-0.2, 0) is 24.1 Å². The second kappa shape index (κ2) is 6.93. The third kappa shape index (κ3) is 3.33. The predicted octanol–water partition coefficient (Wildman–Crippen LogP) is 2.62. The summed E-state index contributed by atoms with van der Waals surface area (Å²) in [7, 11) is 0. The first kappa shape index (κ1) is 15.6. The number of aromatic nitrogens is 3. The fourth-order valence-electron chi connectivity index (χ4n) is 3.35. The van der Waals surface area contributed by atoms with Crippen molar-refractivity contribution in [2.24, 2.45) is 0 Å². The first-order chi connectivity index (χ1) is 12.3. The first-order valence-electron chi connectivity index (χ1n) is 8.56. The second-order valence-electron chi connectivity index (χ2n) is 6.24. The van der Waals surface area contributed by atoms with E-state index in [0.717, 1.165) is 47.5 Å². The van der Waals surface area contributed by atoms with Crippen LogP contribution in [0.1, 0.15) is 23.4 Å². The predicted molar refractivity (Wildman–Crippen MR) is 92.8 cm³/mol. The average Bonchev–Trinajstić information content (AvgIpc) is 3.30. The number of fused-ring (bicyclic) bond motifs is 1. The fourth-order valence-corrected chi connectivity index (χ4v) is 3.35. The number of nitrogens with zero attached hydrogens (tertiary/aromatic N) is 3. The first-order valence-corrected chi connectivity index (χ1v) is 8.56. The van der Waals surface area contributed by atoms with Gasteiger partial charge in [-0.2, -0.15) is 0 Å². The highest BCUT2D eigenvalue weighted by Gasteiger charge is 2.22. The van der Waals surface area contributed by atoms with Crippen molar-refractivity contribution in [2.45, 2.75) is 25.7 Å². The smallest absolute Gasteiger partial charge is 0.222 e. The van der Waals surface area contributed by atoms with E-state index in [4.69, 9.17) is 4.42 Å². The third-order valence-electron chi connectivity index (χ3n) is 4.70. The van der Waals surface area contributed by atoms with Gasteiger partial charge in [-0.15, -0.1) is 0 Å². The number of nitrogens with one attached hydrogen (secondary N) is 1. The molecule has 0 saturated carbocycles. The van der Waals surface area contributed by atoms with Gasteiger partial charge in [-0.05, 0) is 31.0 Å². The Morgan fingerprint density at radius 1 is 1.24 bits per heavy atom. The minimum Gasteiger partial charge on any atom is -0.472 e. The van der Waals surface area contributed by atoms with Gasteiger partial charge in [0.2, 0.25) is 5.91 Å². The molecule has 0 fully saturated rings. The van der Waals surface area contributed by atoms with Gasteiger partial charge in [-0.25, -0.2) is 9.97 Å². The van der Waals surface area contributed by atoms with E-state index in [0.29, 0.717) is 19.5 Å². The quantitative estimate of drug-likeness (QED) is 0.795. The number of furan rings is 1. The molecule has 0 unspecified atom stereocenters. The Bertz CT molecular complexity index is 840. The molecule has 25 heavy (non-hydrogen) atoms. The number of hydrogen-bond acceptors (Lipinski definition) is 4. The number of carbonyl (C=O) groups is 1. The van der Waals surface area contributed by atoms with Crippen molar-refractivity contribution in [3.8, 4) is 11.3 Å². The minimum atomic E-state index is 0.195. The molecule has 1 aliphatic heterocycles. The maximum atomic E-state index is 12.6. The summed E-state index contributed by atoms with van der Waals surface area (Å²) in [4.78, 5) is 26.6. The molecule has 0 bridgehead atoms. The summed E-state index contributed by atoms with van der Waals surface area (Å²) in [5.74, 6) is 0.195. The Labute approximate surface area is 145 Å². The molecule has 1 N–H and O–H groups in total. The van der Waals surface area contributed by atoms with Crippen LogP contribution in [0.2, 0.25) is 0 Å². The molecule has 0 aromatic carbocycles. The molecule has 3 aromatic rings. The molecule has 3 aromatic heterocycles. The minimum absolute atomic E-state index is 0.195. The van der Waals surface area contributed by atoms with Gasteiger partial charge < -0.3 is 14.3 Å². The highest BCUT2D eigenvalue weighted by Crippen LogP contribution is 2.26. The van der Waals surface area contributed by atoms with Gasteiger partial charge in [-0.1, -0.05) is 0 Å². The molecule has 0 saturated heterocycles. The average molecular weight is 336 g/mol. The van der Waals surface area contributed by atoms with Gasteiger partial charge in [0, 0.05) is 54.6 Å². The number of hydrogen-bond donors (Lipinski definition) is 1. The largest absolute Gasteiger partial charge is 0.472 e. The molecule has 0 radical (unpaired) electrons. The maximum absolute atomic E-state index is 12.6. The van der Waals surface area contributed by atoms with Gasteiger partial charge in [0.1, 0.15) is 6.33 Å². The number of aromatic amines is 1. The van der Waals surface area contributed by atoms with Crippen molar-refractivity contribution in [3.05, 3.63) is 60.2 Å². The maximum Gasteiger partial charge on any atom is 0.222 e. The van der Waals surface area contributed by atoms with E-state index in [-0.39, 0.29) is 5.91 Å². The van der Waals surface area contributed by atoms with Gasteiger partial charge in [0.15, 0.2) is 0 Å². The van der Waals surface area contributed by atoms with Crippen molar-refractivity contribution < 1.29 is 9.21 Å². The summed E-state index contributed by atoms with van der Waals surface area (Å²) in [6.45, 7) is 1.41. The summed E-state index contributed by atoms with van der Waals surface area (Å²) >= 11 is 0. The summed E-state index contributed by atoms with van der Waals surface area (Å²) in [5, 5.41) is 0. The molecule has 1 amide bonds. The Balaban J connectivity index is 1.46. The van der Waals surface area contributed by atoms with Crippen molar-refractivity contribution in [2.75, 3.05) is 13.1 Å². The normalized spacial score (nSPS) is 14.2. The number of aryl methyl sites for hydroxylation is 1. The molecule has 6 heteroatoms. The summed E-state index contributed by atoms with van der Waals surface area (Å²) in [6, 6.07) is 5.88. The van der Waals surface area contributed by atoms with Gasteiger partial charge in [0.05, 0.1) is 18.2 Å². The van der Waals surface area contributed by atoms with Crippen molar-refractivity contribution in [1.82, 2.24) is 19.9 Å². The van der Waals surface area contributed by atoms with Crippen molar-refractivity contribution in [1.29, 1.82) is 0 Å². The topological polar surface area (TPSA) is 75.0 Å². The number of amides is 1. The zero-order valence-corrected chi connectivity index (χ0v) is 13.9. The Morgan fingerprint density at radius 3 is 2.96 bits per heavy atom. The number of H-pyrrole nitrogens is 1. The second-order valence-corrected chi connectivity index (χ2v) is 6.24. The summed E-state index contributed by atoms with van der Waals surface area (Å²) in [5.41, 5.74) is 5.14. The molecule has 4 rings (SSSR count). The molecular weight excluding hydrogens is 316 g/mol. The van der Waals surface area contributed by atoms with Gasteiger partial charge in [-0.3, -0.25) is 4.79 Å². The van der Waals surface area contributed by atoms with Crippen LogP contribution < -0.4 is 0 Å². The van der Waals surface area contributed by atoms with Crippen LogP contribution in [0.25, 0.3) is 11.3 Å². The Kier molecular flexibility index (Phi) is 4.33. The highest BCUT2D eigenvalue weighted by atomic mass is 16.3. The Hall–Kier alpha value is -2.89. The lowest BCUT2D eigenvalue weighted by atomic mass is 10.0. The fraction of sp³-hybridized carbons (Fsp3) is 0.316. The number of rotatable bonds is 4. The molecule has 4 heterocycles. The van der Waals surface area contributed by atoms with E-state index in [1.54, 1.807) is 18.9 Å². The molecule has 0 atom stereocenters. The van der Waals surface area contributed by atoms with E-state index >= 15 is 0 Å². The van der Waals surface area contributed by atoms with E-state index in [9.17, 15) is 4.79 Å². The standard InChI is InChI=1S/C19H20N4O2/c24-18(4-3-15-2-1-8-20-15)23-9-5-16-17(6-10-23)21-13-22-19(16)14-7-11-25-12-14/h1-2,7-8,11-13,20H,3-6,9-10H2. The van der Waals surface area contributed by atoms with E-state index < -0.39 is 0 Å². The van der Waals surface area contributed by atoms with Gasteiger partial charge in [0.25, 0.3) is 0 Å². The van der Waals surface area contributed by atoms with Crippen LogP contribution in [0.4, 0.5) is 0 Å².